The first-order chi connectivity index (χ1) is 9.75. The van der Waals surface area contributed by atoms with Gasteiger partial charge in [-0.2, -0.15) is 0 Å². The Hall–Kier alpha value is -1.76. The molecular weight excluding hydrogens is 314 g/mol. The van der Waals surface area contributed by atoms with Gasteiger partial charge in [-0.1, -0.05) is 34.3 Å². The molecule has 1 aromatic carbocycles. The number of anilines is 1. The van der Waals surface area contributed by atoms with Crippen molar-refractivity contribution in [3.05, 3.63) is 51.7 Å². The third-order valence-corrected chi connectivity index (χ3v) is 4.50. The fraction of sp³-hybridized carbons (Fsp3) is 0. The quantitative estimate of drug-likeness (QED) is 0.787. The molecule has 0 bridgehead atoms. The van der Waals surface area contributed by atoms with Gasteiger partial charge in [-0.05, 0) is 35.1 Å². The van der Waals surface area contributed by atoms with E-state index in [2.05, 4.69) is 14.9 Å². The van der Waals surface area contributed by atoms with E-state index in [4.69, 9.17) is 11.6 Å². The van der Waals surface area contributed by atoms with E-state index in [1.54, 1.807) is 12.1 Å². The zero-order valence-corrected chi connectivity index (χ0v) is 12.4. The van der Waals surface area contributed by atoms with Crippen LogP contribution in [0.25, 0.3) is 10.6 Å². The number of amides is 1. The molecule has 1 amide bonds. The van der Waals surface area contributed by atoms with E-state index >= 15 is 0 Å². The van der Waals surface area contributed by atoms with Crippen molar-refractivity contribution in [3.8, 4) is 10.6 Å². The van der Waals surface area contributed by atoms with Crippen molar-refractivity contribution < 1.29 is 4.79 Å². The van der Waals surface area contributed by atoms with E-state index in [1.807, 2.05) is 29.6 Å². The maximum Gasteiger partial charge on any atom is 0.269 e. The number of nitrogens with one attached hydrogen (secondary N) is 1. The van der Waals surface area contributed by atoms with Gasteiger partial charge in [0.2, 0.25) is 0 Å². The standard InChI is InChI=1S/C13H8ClN3OS2/c14-8-4-1-2-5-9(8)15-13(18)12-11(16-17-20-12)10-6-3-7-19-10/h1-7H,(H,15,18). The van der Waals surface area contributed by atoms with Gasteiger partial charge < -0.3 is 5.32 Å². The summed E-state index contributed by atoms with van der Waals surface area (Å²) in [5.41, 5.74) is 1.18. The number of rotatable bonds is 3. The summed E-state index contributed by atoms with van der Waals surface area (Å²) in [7, 11) is 0. The molecule has 4 nitrogen and oxygen atoms in total. The second-order valence-electron chi connectivity index (χ2n) is 3.86. The fourth-order valence-electron chi connectivity index (χ4n) is 1.66. The molecule has 0 fully saturated rings. The molecule has 0 aliphatic carbocycles. The average Bonchev–Trinajstić information content (AvgIpc) is 3.11. The lowest BCUT2D eigenvalue weighted by Crippen LogP contribution is -2.11. The monoisotopic (exact) mass is 321 g/mol. The lowest BCUT2D eigenvalue weighted by atomic mass is 10.2. The van der Waals surface area contributed by atoms with Crippen molar-refractivity contribution >= 4 is 46.1 Å². The van der Waals surface area contributed by atoms with Gasteiger partial charge in [-0.15, -0.1) is 16.4 Å². The number of para-hydroxylation sites is 1. The molecule has 0 saturated carbocycles. The molecule has 0 aliphatic heterocycles. The summed E-state index contributed by atoms with van der Waals surface area (Å²) in [5.74, 6) is -0.253. The molecule has 1 N–H and O–H groups in total. The predicted octanol–water partition coefficient (Wildman–Crippen LogP) is 4.17. The highest BCUT2D eigenvalue weighted by Gasteiger charge is 2.19. The van der Waals surface area contributed by atoms with E-state index in [0.29, 0.717) is 21.3 Å². The lowest BCUT2D eigenvalue weighted by molar-refractivity contribution is 0.103. The number of benzene rings is 1. The van der Waals surface area contributed by atoms with Gasteiger partial charge in [-0.25, -0.2) is 0 Å². The normalized spacial score (nSPS) is 10.4. The molecule has 0 aliphatic rings. The number of carbonyl (C=O) groups is 1. The number of thiophene rings is 1. The van der Waals surface area contributed by atoms with E-state index in [-0.39, 0.29) is 5.91 Å². The van der Waals surface area contributed by atoms with Gasteiger partial charge in [0.25, 0.3) is 5.91 Å². The summed E-state index contributed by atoms with van der Waals surface area (Å²) in [6, 6.07) is 10.9. The molecule has 2 aromatic heterocycles. The zero-order valence-electron chi connectivity index (χ0n) is 10.0. The number of nitrogens with zero attached hydrogens (tertiary/aromatic N) is 2. The summed E-state index contributed by atoms with van der Waals surface area (Å²) >= 11 is 8.62. The fourth-order valence-corrected chi connectivity index (χ4v) is 3.19. The number of halogens is 1. The van der Waals surface area contributed by atoms with Crippen LogP contribution in [0.4, 0.5) is 5.69 Å². The first-order valence-electron chi connectivity index (χ1n) is 5.68. The highest BCUT2D eigenvalue weighted by molar-refractivity contribution is 7.14. The van der Waals surface area contributed by atoms with Crippen molar-refractivity contribution in [1.82, 2.24) is 9.59 Å². The first kappa shape index (κ1) is 13.2. The van der Waals surface area contributed by atoms with Crippen LogP contribution in [0.2, 0.25) is 5.02 Å². The van der Waals surface area contributed by atoms with Gasteiger partial charge in [0.1, 0.15) is 10.6 Å². The van der Waals surface area contributed by atoms with Crippen LogP contribution in [0.15, 0.2) is 41.8 Å². The van der Waals surface area contributed by atoms with Crippen molar-refractivity contribution in [2.75, 3.05) is 5.32 Å². The zero-order chi connectivity index (χ0) is 13.9. The van der Waals surface area contributed by atoms with Crippen LogP contribution in [0.3, 0.4) is 0 Å². The number of hydrogen-bond donors (Lipinski definition) is 1. The average molecular weight is 322 g/mol. The van der Waals surface area contributed by atoms with E-state index in [1.165, 1.54) is 11.3 Å². The first-order valence-corrected chi connectivity index (χ1v) is 7.71. The van der Waals surface area contributed by atoms with Crippen LogP contribution < -0.4 is 5.32 Å². The Balaban J connectivity index is 1.89. The minimum absolute atomic E-state index is 0.253. The molecule has 0 spiro atoms. The third kappa shape index (κ3) is 2.58. The second kappa shape index (κ2) is 5.70. The van der Waals surface area contributed by atoms with Crippen LogP contribution in [0, 0.1) is 0 Å². The molecule has 0 saturated heterocycles. The van der Waals surface area contributed by atoms with Gasteiger partial charge >= 0.3 is 0 Å². The smallest absolute Gasteiger partial charge is 0.269 e. The molecule has 3 aromatic rings. The molecule has 7 heteroatoms. The lowest BCUT2D eigenvalue weighted by Gasteiger charge is -2.05. The summed E-state index contributed by atoms with van der Waals surface area (Å²) in [4.78, 5) is 13.7. The molecule has 0 radical (unpaired) electrons. The van der Waals surface area contributed by atoms with Crippen molar-refractivity contribution in [2.24, 2.45) is 0 Å². The third-order valence-electron chi connectivity index (χ3n) is 2.57. The molecule has 20 heavy (non-hydrogen) atoms. The Morgan fingerprint density at radius 3 is 2.80 bits per heavy atom. The van der Waals surface area contributed by atoms with Gasteiger partial charge in [-0.3, -0.25) is 4.79 Å². The van der Waals surface area contributed by atoms with Gasteiger partial charge in [0.05, 0.1) is 15.6 Å². The Morgan fingerprint density at radius 2 is 2.05 bits per heavy atom. The Bertz CT molecular complexity index is 740. The van der Waals surface area contributed by atoms with Crippen LogP contribution in [0.5, 0.6) is 0 Å². The van der Waals surface area contributed by atoms with Gasteiger partial charge in [0.15, 0.2) is 0 Å². The van der Waals surface area contributed by atoms with E-state index in [9.17, 15) is 4.79 Å². The molecule has 2 heterocycles. The van der Waals surface area contributed by atoms with Crippen molar-refractivity contribution in [1.29, 1.82) is 0 Å². The van der Waals surface area contributed by atoms with Gasteiger partial charge in [0, 0.05) is 0 Å². The number of aromatic nitrogens is 2. The topological polar surface area (TPSA) is 54.9 Å². The Labute approximate surface area is 128 Å². The highest BCUT2D eigenvalue weighted by atomic mass is 35.5. The van der Waals surface area contributed by atoms with Crippen LogP contribution in [-0.2, 0) is 0 Å². The molecular formula is C13H8ClN3OS2. The summed E-state index contributed by atoms with van der Waals surface area (Å²) < 4.78 is 3.87. The summed E-state index contributed by atoms with van der Waals surface area (Å²) in [6.45, 7) is 0. The van der Waals surface area contributed by atoms with E-state index < -0.39 is 0 Å². The molecule has 3 rings (SSSR count). The maximum absolute atomic E-state index is 12.3. The highest BCUT2D eigenvalue weighted by Crippen LogP contribution is 2.29. The minimum atomic E-state index is -0.253. The van der Waals surface area contributed by atoms with E-state index in [0.717, 1.165) is 16.4 Å². The molecule has 100 valence electrons. The van der Waals surface area contributed by atoms with Crippen molar-refractivity contribution in [2.45, 2.75) is 0 Å². The molecule has 0 unspecified atom stereocenters. The van der Waals surface area contributed by atoms with Crippen LogP contribution >= 0.6 is 34.5 Å². The maximum atomic E-state index is 12.3. The Morgan fingerprint density at radius 1 is 1.20 bits per heavy atom. The Kier molecular flexibility index (Phi) is 3.77. The summed E-state index contributed by atoms with van der Waals surface area (Å²) in [5, 5.41) is 9.24. The molecule has 0 atom stereocenters. The SMILES string of the molecule is O=C(Nc1ccccc1Cl)c1snnc1-c1cccs1. The second-order valence-corrected chi connectivity index (χ2v) is 5.97. The van der Waals surface area contributed by atoms with Crippen molar-refractivity contribution in [3.63, 3.8) is 0 Å². The van der Waals surface area contributed by atoms with Crippen LogP contribution in [0.1, 0.15) is 9.67 Å². The largest absolute Gasteiger partial charge is 0.320 e. The predicted molar refractivity (Wildman–Crippen MR) is 82.6 cm³/mol. The minimum Gasteiger partial charge on any atom is -0.320 e. The number of carbonyl (C=O) groups excluding carboxylic acids is 1. The summed E-state index contributed by atoms with van der Waals surface area (Å²) in [6.07, 6.45) is 0. The van der Waals surface area contributed by atoms with Crippen LogP contribution in [-0.4, -0.2) is 15.5 Å². The number of hydrogen-bond acceptors (Lipinski definition) is 5.